The summed E-state index contributed by atoms with van der Waals surface area (Å²) in [6.07, 6.45) is 9.52. The van der Waals surface area contributed by atoms with Crippen LogP contribution in [-0.4, -0.2) is 93.3 Å². The van der Waals surface area contributed by atoms with Gasteiger partial charge in [0.2, 0.25) is 11.8 Å². The van der Waals surface area contributed by atoms with Crippen molar-refractivity contribution >= 4 is 46.1 Å². The van der Waals surface area contributed by atoms with Crippen molar-refractivity contribution in [3.63, 3.8) is 0 Å². The Morgan fingerprint density at radius 3 is 1.89 bits per heavy atom. The van der Waals surface area contributed by atoms with Crippen LogP contribution in [0.5, 0.6) is 0 Å². The largest absolute Gasteiger partial charge is 0.394 e. The molecule has 10 rings (SSSR count). The zero-order valence-electron chi connectivity index (χ0n) is 37.6. The molecule has 0 spiro atoms. The van der Waals surface area contributed by atoms with E-state index in [1.807, 2.05) is 22.2 Å². The van der Waals surface area contributed by atoms with E-state index in [9.17, 15) is 19.8 Å². The maximum absolute atomic E-state index is 13.4. The Kier molecular flexibility index (Phi) is 12.2. The monoisotopic (exact) mass is 916 g/mol. The number of aliphatic hydroxyl groups excluding tert-OH is 2. The van der Waals surface area contributed by atoms with Crippen LogP contribution in [0, 0.1) is 13.8 Å². The summed E-state index contributed by atoms with van der Waals surface area (Å²) in [6, 6.07) is 27.7. The van der Waals surface area contributed by atoms with E-state index >= 15 is 0 Å². The minimum atomic E-state index is -0.120. The van der Waals surface area contributed by atoms with E-state index in [-0.39, 0.29) is 54.9 Å². The van der Waals surface area contributed by atoms with Crippen molar-refractivity contribution in [2.45, 2.75) is 76.0 Å². The van der Waals surface area contributed by atoms with Crippen LogP contribution >= 0.6 is 22.7 Å². The molecule has 0 radical (unpaired) electrons. The molecule has 10 nitrogen and oxygen atoms in total. The average Bonchev–Trinajstić information content (AvgIpc) is 4.17. The van der Waals surface area contributed by atoms with Gasteiger partial charge in [0.25, 0.3) is 0 Å². The fourth-order valence-corrected chi connectivity index (χ4v) is 13.8. The van der Waals surface area contributed by atoms with Gasteiger partial charge in [0, 0.05) is 87.0 Å². The molecule has 66 heavy (non-hydrogen) atoms. The number of fused-ring (bicyclic) bond motifs is 2. The van der Waals surface area contributed by atoms with Gasteiger partial charge in [-0.2, -0.15) is 0 Å². The number of aromatic nitrogens is 2. The summed E-state index contributed by atoms with van der Waals surface area (Å²) in [7, 11) is 0. The fraction of sp³-hybridized carbons (Fsp3) is 0.333. The van der Waals surface area contributed by atoms with Crippen molar-refractivity contribution in [2.24, 2.45) is 0 Å². The zero-order valence-corrected chi connectivity index (χ0v) is 39.2. The molecule has 2 N–H and O–H groups in total. The molecule has 2 fully saturated rings. The molecule has 1 unspecified atom stereocenters. The highest BCUT2D eigenvalue weighted by Crippen LogP contribution is 2.50. The maximum Gasteiger partial charge on any atom is 0.246 e. The molecule has 0 bridgehead atoms. The van der Waals surface area contributed by atoms with Gasteiger partial charge in [0.05, 0.1) is 38.4 Å². The molecule has 0 saturated carbocycles. The van der Waals surface area contributed by atoms with Gasteiger partial charge in [0.15, 0.2) is 0 Å². The van der Waals surface area contributed by atoms with Crippen LogP contribution in [0.25, 0.3) is 22.3 Å². The van der Waals surface area contributed by atoms with E-state index in [0.717, 1.165) is 70.8 Å². The number of aryl methyl sites for hydroxylation is 2. The number of benzene rings is 2. The lowest BCUT2D eigenvalue weighted by Gasteiger charge is -2.35. The van der Waals surface area contributed by atoms with Crippen molar-refractivity contribution in [1.82, 2.24) is 19.8 Å². The second kappa shape index (κ2) is 18.4. The van der Waals surface area contributed by atoms with Crippen molar-refractivity contribution < 1.29 is 19.8 Å². The molecule has 2 aromatic carbocycles. The van der Waals surface area contributed by atoms with Gasteiger partial charge in [-0.1, -0.05) is 61.7 Å². The van der Waals surface area contributed by atoms with E-state index in [4.69, 9.17) is 9.97 Å². The normalized spacial score (nSPS) is 21.5. The Hall–Kier alpha value is -5.92. The molecule has 338 valence electrons. The first-order valence-corrected chi connectivity index (χ1v) is 24.7. The molecule has 4 aliphatic rings. The second-order valence-corrected chi connectivity index (χ2v) is 20.8. The summed E-state index contributed by atoms with van der Waals surface area (Å²) < 4.78 is 0. The van der Waals surface area contributed by atoms with Crippen LogP contribution in [0.3, 0.4) is 0 Å². The Labute approximate surface area is 395 Å². The van der Waals surface area contributed by atoms with Gasteiger partial charge in [0.1, 0.15) is 11.6 Å². The highest BCUT2D eigenvalue weighted by Gasteiger charge is 2.41. The number of hydrogen-bond donors (Lipinski definition) is 2. The lowest BCUT2D eigenvalue weighted by molar-refractivity contribution is -0.127. The lowest BCUT2D eigenvalue weighted by Crippen LogP contribution is -2.37. The summed E-state index contributed by atoms with van der Waals surface area (Å²) in [4.78, 5) is 49.5. The highest BCUT2D eigenvalue weighted by atomic mass is 32.1. The summed E-state index contributed by atoms with van der Waals surface area (Å²) >= 11 is 3.54. The van der Waals surface area contributed by atoms with Crippen molar-refractivity contribution in [3.05, 3.63) is 164 Å². The third kappa shape index (κ3) is 7.97. The molecule has 12 heteroatoms. The second-order valence-electron chi connectivity index (χ2n) is 18.2. The summed E-state index contributed by atoms with van der Waals surface area (Å²) in [5.41, 5.74) is 10.4. The number of amides is 2. The van der Waals surface area contributed by atoms with Crippen LogP contribution in [0.1, 0.15) is 84.3 Å². The van der Waals surface area contributed by atoms with Crippen molar-refractivity contribution in [2.75, 3.05) is 49.2 Å². The van der Waals surface area contributed by atoms with Crippen LogP contribution in [0.15, 0.2) is 117 Å². The first kappa shape index (κ1) is 43.9. The standard InChI is InChI=1S/C54H56N6O4S2/c1-5-51(63)57-27-45(44-22-33(3)65-47(44)29-57)42-15-9-7-13-40(42)35-18-20-50(56-25-35)60-26-37(23-39(60)32-62)53-34(4)66-48-30-58(52(64)6-2)28-46(54(48)53)43-16-10-8-14-41(43)36-17-19-49(55-24-36)59-21-11-12-38(59)31-61/h5-10,13-20,22,24-25,37-39,45-46,61-62H,1-2,11-12,21,23,26-32H2,3-4H3/t37?,38-,39-,45-,46+/m1/s1. The van der Waals surface area contributed by atoms with E-state index in [2.05, 4.69) is 116 Å². The number of thiophene rings is 2. The number of anilines is 2. The Balaban J connectivity index is 0.960. The maximum atomic E-state index is 13.4. The van der Waals surface area contributed by atoms with Gasteiger partial charge < -0.3 is 29.8 Å². The third-order valence-corrected chi connectivity index (χ3v) is 16.6. The van der Waals surface area contributed by atoms with E-state index in [1.165, 1.54) is 48.4 Å². The predicted octanol–water partition coefficient (Wildman–Crippen LogP) is 9.19. The van der Waals surface area contributed by atoms with Crippen molar-refractivity contribution in [1.29, 1.82) is 0 Å². The molecule has 6 aromatic rings. The van der Waals surface area contributed by atoms with Crippen LogP contribution in [-0.2, 0) is 22.7 Å². The zero-order chi connectivity index (χ0) is 45.6. The van der Waals surface area contributed by atoms with E-state index < -0.39 is 0 Å². The Bertz CT molecular complexity index is 2800. The Morgan fingerprint density at radius 2 is 1.29 bits per heavy atom. The number of carbonyl (C=O) groups excluding carboxylic acids is 2. The minimum absolute atomic E-state index is 0.00545. The number of nitrogens with zero attached hydrogens (tertiary/aromatic N) is 6. The predicted molar refractivity (Wildman–Crippen MR) is 265 cm³/mol. The smallest absolute Gasteiger partial charge is 0.246 e. The molecule has 4 aromatic heterocycles. The number of carbonyl (C=O) groups is 2. The van der Waals surface area contributed by atoms with Gasteiger partial charge in [-0.15, -0.1) is 22.7 Å². The van der Waals surface area contributed by atoms with Crippen LogP contribution < -0.4 is 9.80 Å². The molecular weight excluding hydrogens is 861 g/mol. The number of aliphatic hydroxyl groups is 2. The van der Waals surface area contributed by atoms with Gasteiger partial charge in [-0.25, -0.2) is 9.97 Å². The summed E-state index contributed by atoms with van der Waals surface area (Å²) in [5.74, 6) is 1.64. The molecule has 4 aliphatic heterocycles. The van der Waals surface area contributed by atoms with Crippen LogP contribution in [0.4, 0.5) is 11.6 Å². The number of rotatable bonds is 11. The SMILES string of the molecule is C=CC(=O)N1Cc2sc(C)cc2[C@@H](c2ccccc2-c2ccc(N3CC(c4c(C)sc5c4[C@H](c4ccccc4-c4ccc(N6CCC[C@@H]6CO)nc4)CN(C(=O)C=C)C5)C[C@@H]3CO)nc2)C1. The first-order valence-electron chi connectivity index (χ1n) is 23.1. The number of hydrogen-bond acceptors (Lipinski definition) is 10. The average molecular weight is 917 g/mol. The molecular formula is C54H56N6O4S2. The lowest BCUT2D eigenvalue weighted by atomic mass is 9.79. The van der Waals surface area contributed by atoms with Gasteiger partial charge in [-0.3, -0.25) is 9.59 Å². The molecule has 0 aliphatic carbocycles. The molecule has 2 saturated heterocycles. The minimum Gasteiger partial charge on any atom is -0.394 e. The fourth-order valence-electron chi connectivity index (χ4n) is 11.3. The molecule has 2 amide bonds. The van der Waals surface area contributed by atoms with Gasteiger partial charge >= 0.3 is 0 Å². The highest BCUT2D eigenvalue weighted by molar-refractivity contribution is 7.12. The van der Waals surface area contributed by atoms with E-state index in [0.29, 0.717) is 32.7 Å². The molecule has 5 atom stereocenters. The van der Waals surface area contributed by atoms with Crippen LogP contribution in [0.2, 0.25) is 0 Å². The van der Waals surface area contributed by atoms with E-state index in [1.54, 1.807) is 22.7 Å². The summed E-state index contributed by atoms with van der Waals surface area (Å²) in [5, 5.41) is 20.9. The molecule has 8 heterocycles. The Morgan fingerprint density at radius 1 is 0.697 bits per heavy atom. The third-order valence-electron chi connectivity index (χ3n) is 14.4. The number of pyridine rings is 2. The quantitative estimate of drug-likeness (QED) is 0.124. The first-order chi connectivity index (χ1) is 32.2. The van der Waals surface area contributed by atoms with Crippen molar-refractivity contribution in [3.8, 4) is 22.3 Å². The van der Waals surface area contributed by atoms with Gasteiger partial charge in [-0.05, 0) is 115 Å². The summed E-state index contributed by atoms with van der Waals surface area (Å²) in [6.45, 7) is 15.9. The topological polar surface area (TPSA) is 113 Å².